The third-order valence-corrected chi connectivity index (χ3v) is 7.06. The molecule has 0 bridgehead atoms. The molecule has 0 aliphatic carbocycles. The Hall–Kier alpha value is -1.12. The molecule has 0 heterocycles. The fourth-order valence-corrected chi connectivity index (χ4v) is 5.23. The van der Waals surface area contributed by atoms with Gasteiger partial charge in [0, 0.05) is 25.1 Å². The molecule has 3 N–H and O–H groups in total. The Balaban J connectivity index is 2.72. The fraction of sp³-hybridized carbons (Fsp3) is 0.714. The van der Waals surface area contributed by atoms with Gasteiger partial charge in [0.15, 0.2) is 6.10 Å². The topological polar surface area (TPSA) is 132 Å². The molecule has 0 fully saturated rings. The van der Waals surface area contributed by atoms with Crippen LogP contribution in [0.4, 0.5) is 0 Å². The molecule has 10 nitrogen and oxygen atoms in total. The van der Waals surface area contributed by atoms with Gasteiger partial charge in [0.25, 0.3) is 20.2 Å². The highest BCUT2D eigenvalue weighted by Crippen LogP contribution is 2.14. The van der Waals surface area contributed by atoms with Crippen LogP contribution in [0, 0.1) is 0 Å². The lowest BCUT2D eigenvalue weighted by molar-refractivity contribution is -0.929. The van der Waals surface area contributed by atoms with Gasteiger partial charge < -0.3 is 19.0 Å². The SMILES string of the molecule is CN(CCC[N+](C)(CCS(=O)(=O)O)CC(O)C[N+](C)(C)Cc1ccccc1)CCS(=O)(=O)O. The molecule has 0 saturated carbocycles. The Morgan fingerprint density at radius 2 is 1.45 bits per heavy atom. The van der Waals surface area contributed by atoms with Gasteiger partial charge in [-0.1, -0.05) is 30.3 Å². The van der Waals surface area contributed by atoms with Crippen LogP contribution in [0.25, 0.3) is 0 Å². The number of hydrogen-bond acceptors (Lipinski definition) is 6. The molecule has 0 saturated heterocycles. The molecule has 1 rings (SSSR count). The van der Waals surface area contributed by atoms with Crippen molar-refractivity contribution >= 4 is 20.2 Å². The molecular weight excluding hydrogens is 470 g/mol. The number of quaternary nitrogens is 2. The molecule has 0 aliphatic heterocycles. The van der Waals surface area contributed by atoms with Crippen molar-refractivity contribution in [2.75, 3.05) is 79.0 Å². The first-order valence-corrected chi connectivity index (χ1v) is 14.2. The summed E-state index contributed by atoms with van der Waals surface area (Å²) < 4.78 is 63.4. The molecule has 0 aliphatic rings. The molecule has 1 aromatic carbocycles. The van der Waals surface area contributed by atoms with Crippen LogP contribution in [0.3, 0.4) is 0 Å². The van der Waals surface area contributed by atoms with Crippen molar-refractivity contribution in [3.05, 3.63) is 35.9 Å². The first-order valence-electron chi connectivity index (χ1n) is 11.0. The van der Waals surface area contributed by atoms with E-state index < -0.39 is 32.1 Å². The average molecular weight is 512 g/mol. The predicted molar refractivity (Wildman–Crippen MR) is 129 cm³/mol. The number of benzene rings is 1. The number of nitrogens with zero attached hydrogens (tertiary/aromatic N) is 3. The van der Waals surface area contributed by atoms with Gasteiger partial charge in [0.1, 0.15) is 25.4 Å². The van der Waals surface area contributed by atoms with E-state index in [0.717, 1.165) is 12.1 Å². The van der Waals surface area contributed by atoms with Crippen LogP contribution in [0.1, 0.15) is 12.0 Å². The predicted octanol–water partition coefficient (Wildman–Crippen LogP) is 0.168. The molecule has 0 spiro atoms. The number of likely N-dealkylation sites (N-methyl/N-ethyl adjacent to an activating group) is 2. The van der Waals surface area contributed by atoms with Crippen molar-refractivity contribution in [3.63, 3.8) is 0 Å². The van der Waals surface area contributed by atoms with Crippen molar-refractivity contribution in [1.29, 1.82) is 0 Å². The van der Waals surface area contributed by atoms with E-state index in [1.165, 1.54) is 0 Å². The van der Waals surface area contributed by atoms with E-state index in [2.05, 4.69) is 0 Å². The highest BCUT2D eigenvalue weighted by atomic mass is 32.2. The normalized spacial score (nSPS) is 16.0. The van der Waals surface area contributed by atoms with Crippen molar-refractivity contribution in [3.8, 4) is 0 Å². The smallest absolute Gasteiger partial charge is 0.270 e. The highest BCUT2D eigenvalue weighted by molar-refractivity contribution is 7.86. The summed E-state index contributed by atoms with van der Waals surface area (Å²) in [4.78, 5) is 1.77. The minimum absolute atomic E-state index is 0.150. The zero-order chi connectivity index (χ0) is 25.3. The summed E-state index contributed by atoms with van der Waals surface area (Å²) in [5, 5.41) is 10.9. The Bertz CT molecular complexity index is 924. The maximum absolute atomic E-state index is 11.3. The van der Waals surface area contributed by atoms with Gasteiger partial charge in [0.2, 0.25) is 0 Å². The van der Waals surface area contributed by atoms with E-state index in [0.29, 0.717) is 37.1 Å². The van der Waals surface area contributed by atoms with E-state index in [9.17, 15) is 26.5 Å². The second-order valence-electron chi connectivity index (χ2n) is 9.89. The van der Waals surface area contributed by atoms with E-state index >= 15 is 0 Å². The van der Waals surface area contributed by atoms with Crippen LogP contribution < -0.4 is 0 Å². The molecule has 0 amide bonds. The van der Waals surface area contributed by atoms with Crippen LogP contribution in [0.15, 0.2) is 30.3 Å². The second-order valence-corrected chi connectivity index (χ2v) is 13.0. The van der Waals surface area contributed by atoms with Gasteiger partial charge in [-0.3, -0.25) is 9.11 Å². The van der Waals surface area contributed by atoms with Crippen molar-refractivity contribution in [1.82, 2.24) is 4.90 Å². The van der Waals surface area contributed by atoms with Gasteiger partial charge in [-0.2, -0.15) is 16.8 Å². The van der Waals surface area contributed by atoms with Gasteiger partial charge in [-0.25, -0.2) is 0 Å². The molecule has 33 heavy (non-hydrogen) atoms. The Morgan fingerprint density at radius 3 is 2.00 bits per heavy atom. The molecule has 0 radical (unpaired) electrons. The van der Waals surface area contributed by atoms with Crippen molar-refractivity contribution in [2.24, 2.45) is 0 Å². The van der Waals surface area contributed by atoms with Gasteiger partial charge in [-0.05, 0) is 7.05 Å². The summed E-state index contributed by atoms with van der Waals surface area (Å²) in [5.41, 5.74) is 1.16. The lowest BCUT2D eigenvalue weighted by Gasteiger charge is -2.38. The monoisotopic (exact) mass is 511 g/mol. The lowest BCUT2D eigenvalue weighted by Crippen LogP contribution is -2.56. The minimum Gasteiger partial charge on any atom is -0.382 e. The highest BCUT2D eigenvalue weighted by Gasteiger charge is 2.31. The third kappa shape index (κ3) is 14.7. The lowest BCUT2D eigenvalue weighted by atomic mass is 10.1. The minimum atomic E-state index is -4.14. The fourth-order valence-electron chi connectivity index (χ4n) is 4.01. The number of rotatable bonds is 16. The van der Waals surface area contributed by atoms with Crippen LogP contribution >= 0.6 is 0 Å². The van der Waals surface area contributed by atoms with E-state index in [-0.39, 0.29) is 23.3 Å². The first kappa shape index (κ1) is 29.9. The summed E-state index contributed by atoms with van der Waals surface area (Å²) in [6.45, 7) is 2.95. The van der Waals surface area contributed by atoms with Crippen LogP contribution in [0.2, 0.25) is 0 Å². The van der Waals surface area contributed by atoms with Gasteiger partial charge in [0.05, 0.1) is 40.0 Å². The van der Waals surface area contributed by atoms with E-state index in [4.69, 9.17) is 4.55 Å². The quantitative estimate of drug-likeness (QED) is 0.211. The average Bonchev–Trinajstić information content (AvgIpc) is 2.63. The van der Waals surface area contributed by atoms with Crippen molar-refractivity contribution < 1.29 is 40.0 Å². The van der Waals surface area contributed by atoms with E-state index in [1.807, 2.05) is 51.5 Å². The van der Waals surface area contributed by atoms with Crippen LogP contribution in [-0.2, 0) is 26.8 Å². The Labute approximate surface area is 199 Å². The van der Waals surface area contributed by atoms with Crippen molar-refractivity contribution in [2.45, 2.75) is 19.1 Å². The number of aliphatic hydroxyl groups excluding tert-OH is 1. The summed E-state index contributed by atoms with van der Waals surface area (Å²) in [5.74, 6) is -0.761. The molecular formula is C21H41N3O7S2+2. The summed E-state index contributed by atoms with van der Waals surface area (Å²) in [6, 6.07) is 9.98. The molecule has 1 aromatic rings. The van der Waals surface area contributed by atoms with Crippen LogP contribution in [0.5, 0.6) is 0 Å². The maximum Gasteiger partial charge on any atom is 0.270 e. The largest absolute Gasteiger partial charge is 0.382 e. The molecule has 2 unspecified atom stereocenters. The maximum atomic E-state index is 11.3. The standard InChI is InChI=1S/C21H39N3O7S2/c1-22(12-15-32(26,27)28)11-8-13-24(4,14-16-33(29,30)31)19-21(25)18-23(2,3)17-20-9-6-5-7-10-20/h5-7,9-10,21,25H,8,11-19H2,1-4H3/p+2. The van der Waals surface area contributed by atoms with Crippen LogP contribution in [-0.4, -0.2) is 130 Å². The Morgan fingerprint density at radius 1 is 0.879 bits per heavy atom. The zero-order valence-electron chi connectivity index (χ0n) is 20.2. The molecule has 12 heteroatoms. The van der Waals surface area contributed by atoms with E-state index in [1.54, 1.807) is 11.9 Å². The zero-order valence-corrected chi connectivity index (χ0v) is 21.8. The van der Waals surface area contributed by atoms with Gasteiger partial charge >= 0.3 is 0 Å². The number of hydrogen-bond donors (Lipinski definition) is 3. The molecule has 2 atom stereocenters. The second kappa shape index (κ2) is 12.5. The van der Waals surface area contributed by atoms with Gasteiger partial charge in [-0.15, -0.1) is 0 Å². The Kier molecular flexibility index (Phi) is 11.4. The first-order chi connectivity index (χ1) is 15.0. The number of aliphatic hydroxyl groups is 1. The summed E-state index contributed by atoms with van der Waals surface area (Å²) in [6.07, 6.45) is -0.0637. The summed E-state index contributed by atoms with van der Waals surface area (Å²) >= 11 is 0. The molecule has 192 valence electrons. The molecule has 0 aromatic heterocycles. The third-order valence-electron chi connectivity index (χ3n) is 5.67. The summed E-state index contributed by atoms with van der Waals surface area (Å²) in [7, 11) is -0.515.